The second-order valence-corrected chi connectivity index (χ2v) is 5.34. The summed E-state index contributed by atoms with van der Waals surface area (Å²) in [6.45, 7) is 4.60. The molecule has 0 aromatic heterocycles. The standard InChI is InChI=1S/C8H15NS2/c1-7-5-3-4-6-8(7,2)11-9-10/h7H,3-6H2,1-2H3. The van der Waals surface area contributed by atoms with Crippen LogP contribution in [-0.4, -0.2) is 4.75 Å². The second-order valence-electron chi connectivity index (χ2n) is 3.63. The Balaban J connectivity index is 2.56. The first-order valence-corrected chi connectivity index (χ1v) is 5.34. The Kier molecular flexibility index (Phi) is 3.31. The minimum Gasteiger partial charge on any atom is -0.147 e. The van der Waals surface area contributed by atoms with Gasteiger partial charge in [0.1, 0.15) is 0 Å². The highest BCUT2D eigenvalue weighted by Crippen LogP contribution is 2.43. The predicted molar refractivity (Wildman–Crippen MR) is 53.4 cm³/mol. The van der Waals surface area contributed by atoms with E-state index in [4.69, 9.17) is 0 Å². The van der Waals surface area contributed by atoms with Gasteiger partial charge in [-0.2, -0.15) is 0 Å². The summed E-state index contributed by atoms with van der Waals surface area (Å²) in [5.74, 6) is 0.771. The Labute approximate surface area is 78.6 Å². The molecule has 0 spiro atoms. The Morgan fingerprint density at radius 1 is 1.55 bits per heavy atom. The van der Waals surface area contributed by atoms with Crippen molar-refractivity contribution in [3.8, 4) is 0 Å². The van der Waals surface area contributed by atoms with E-state index in [-0.39, 0.29) is 0 Å². The summed E-state index contributed by atoms with van der Waals surface area (Å²) < 4.78 is 4.11. The number of nitrogens with zero attached hydrogens (tertiary/aromatic N) is 1. The molecular weight excluding hydrogens is 174 g/mol. The molecule has 1 aliphatic rings. The van der Waals surface area contributed by atoms with Gasteiger partial charge in [-0.15, -0.1) is 3.77 Å². The second kappa shape index (κ2) is 3.85. The molecule has 3 heteroatoms. The van der Waals surface area contributed by atoms with Crippen molar-refractivity contribution in [3.63, 3.8) is 0 Å². The van der Waals surface area contributed by atoms with Gasteiger partial charge in [-0.25, -0.2) is 0 Å². The van der Waals surface area contributed by atoms with Crippen molar-refractivity contribution in [1.29, 1.82) is 0 Å². The quantitative estimate of drug-likeness (QED) is 0.618. The summed E-state index contributed by atoms with van der Waals surface area (Å²) >= 11 is 6.25. The van der Waals surface area contributed by atoms with E-state index in [1.54, 1.807) is 11.9 Å². The molecule has 0 heterocycles. The van der Waals surface area contributed by atoms with Crippen LogP contribution in [0.4, 0.5) is 0 Å². The fraction of sp³-hybridized carbons (Fsp3) is 1.00. The molecule has 0 bridgehead atoms. The monoisotopic (exact) mass is 189 g/mol. The van der Waals surface area contributed by atoms with Gasteiger partial charge in [-0.3, -0.25) is 0 Å². The predicted octanol–water partition coefficient (Wildman–Crippen LogP) is 3.33. The van der Waals surface area contributed by atoms with E-state index in [0.717, 1.165) is 5.92 Å². The molecule has 0 radical (unpaired) electrons. The summed E-state index contributed by atoms with van der Waals surface area (Å²) in [6.07, 6.45) is 5.35. The number of hydrogen-bond acceptors (Lipinski definition) is 3. The fourth-order valence-corrected chi connectivity index (χ4v) is 2.91. The molecule has 2 unspecified atom stereocenters. The highest BCUT2D eigenvalue weighted by atomic mass is 32.2. The lowest BCUT2D eigenvalue weighted by Gasteiger charge is -2.36. The van der Waals surface area contributed by atoms with Gasteiger partial charge < -0.3 is 0 Å². The molecule has 0 aromatic rings. The summed E-state index contributed by atoms with van der Waals surface area (Å²) in [7, 11) is 0. The van der Waals surface area contributed by atoms with Crippen molar-refractivity contribution in [1.82, 2.24) is 0 Å². The Hall–Kier alpha value is 0.370. The zero-order chi connectivity index (χ0) is 8.32. The third-order valence-electron chi connectivity index (χ3n) is 2.85. The zero-order valence-electron chi connectivity index (χ0n) is 7.17. The maximum Gasteiger partial charge on any atom is 0.0495 e. The van der Waals surface area contributed by atoms with Crippen LogP contribution in [0.2, 0.25) is 0 Å². The molecule has 0 saturated heterocycles. The van der Waals surface area contributed by atoms with Crippen LogP contribution < -0.4 is 0 Å². The molecule has 0 N–H and O–H groups in total. The van der Waals surface area contributed by atoms with Crippen LogP contribution in [0.3, 0.4) is 0 Å². The third-order valence-corrected chi connectivity index (χ3v) is 4.17. The first kappa shape index (κ1) is 9.46. The SMILES string of the molecule is CC1CCCCC1(C)SN=S. The van der Waals surface area contributed by atoms with E-state index in [0.29, 0.717) is 4.75 Å². The van der Waals surface area contributed by atoms with Crippen LogP contribution in [-0.2, 0) is 12.4 Å². The molecule has 2 atom stereocenters. The van der Waals surface area contributed by atoms with E-state index in [1.807, 2.05) is 0 Å². The lowest BCUT2D eigenvalue weighted by molar-refractivity contribution is 0.312. The zero-order valence-corrected chi connectivity index (χ0v) is 8.80. The van der Waals surface area contributed by atoms with Crippen LogP contribution in [0.25, 0.3) is 0 Å². The van der Waals surface area contributed by atoms with E-state index in [2.05, 4.69) is 30.0 Å². The van der Waals surface area contributed by atoms with Gasteiger partial charge >= 0.3 is 0 Å². The van der Waals surface area contributed by atoms with Crippen molar-refractivity contribution >= 4 is 24.4 Å². The molecule has 1 rings (SSSR count). The molecule has 1 saturated carbocycles. The highest BCUT2D eigenvalue weighted by molar-refractivity contribution is 8.01. The molecule has 64 valence electrons. The van der Waals surface area contributed by atoms with E-state index in [1.165, 1.54) is 25.7 Å². The van der Waals surface area contributed by atoms with Crippen molar-refractivity contribution < 1.29 is 0 Å². The molecule has 1 fully saturated rings. The molecule has 0 amide bonds. The van der Waals surface area contributed by atoms with Crippen LogP contribution in [0.1, 0.15) is 39.5 Å². The molecule has 1 nitrogen and oxygen atoms in total. The minimum absolute atomic E-state index is 0.333. The average molecular weight is 189 g/mol. The van der Waals surface area contributed by atoms with Crippen molar-refractivity contribution in [3.05, 3.63) is 0 Å². The Bertz CT molecular complexity index is 149. The summed E-state index contributed by atoms with van der Waals surface area (Å²) in [6, 6.07) is 0. The Morgan fingerprint density at radius 3 is 2.82 bits per heavy atom. The summed E-state index contributed by atoms with van der Waals surface area (Å²) in [5.41, 5.74) is 0. The van der Waals surface area contributed by atoms with Crippen molar-refractivity contribution in [2.24, 2.45) is 9.69 Å². The summed E-state index contributed by atoms with van der Waals surface area (Å²) in [4.78, 5) is 0. The van der Waals surface area contributed by atoms with Gasteiger partial charge in [0.25, 0.3) is 0 Å². The van der Waals surface area contributed by atoms with E-state index >= 15 is 0 Å². The summed E-state index contributed by atoms with van der Waals surface area (Å²) in [5, 5.41) is 0. The first-order valence-electron chi connectivity index (χ1n) is 4.20. The normalized spacial score (nSPS) is 38.5. The smallest absolute Gasteiger partial charge is 0.0495 e. The fourth-order valence-electron chi connectivity index (χ4n) is 1.70. The van der Waals surface area contributed by atoms with Gasteiger partial charge in [-0.1, -0.05) is 19.8 Å². The minimum atomic E-state index is 0.333. The first-order chi connectivity index (χ1) is 5.19. The molecule has 11 heavy (non-hydrogen) atoms. The van der Waals surface area contributed by atoms with Gasteiger partial charge in [-0.05, 0) is 37.6 Å². The van der Waals surface area contributed by atoms with Gasteiger partial charge in [0.05, 0.1) is 0 Å². The number of hydrogen-bond donors (Lipinski definition) is 0. The maximum atomic E-state index is 4.65. The number of rotatable bonds is 2. The van der Waals surface area contributed by atoms with Crippen LogP contribution in [0.5, 0.6) is 0 Å². The topological polar surface area (TPSA) is 12.4 Å². The van der Waals surface area contributed by atoms with Crippen LogP contribution >= 0.6 is 11.9 Å². The molecule has 1 aliphatic carbocycles. The van der Waals surface area contributed by atoms with Crippen LogP contribution in [0, 0.1) is 5.92 Å². The van der Waals surface area contributed by atoms with E-state index in [9.17, 15) is 0 Å². The van der Waals surface area contributed by atoms with Gasteiger partial charge in [0.2, 0.25) is 0 Å². The average Bonchev–Trinajstić information content (AvgIpc) is 1.96. The van der Waals surface area contributed by atoms with Crippen molar-refractivity contribution in [2.45, 2.75) is 44.3 Å². The Morgan fingerprint density at radius 2 is 2.27 bits per heavy atom. The maximum absolute atomic E-state index is 4.65. The van der Waals surface area contributed by atoms with Crippen LogP contribution in [0.15, 0.2) is 3.77 Å². The lowest BCUT2D eigenvalue weighted by Crippen LogP contribution is -2.31. The van der Waals surface area contributed by atoms with Crippen molar-refractivity contribution in [2.75, 3.05) is 0 Å². The molecule has 0 aliphatic heterocycles. The lowest BCUT2D eigenvalue weighted by atomic mass is 9.81. The largest absolute Gasteiger partial charge is 0.147 e. The molecule has 0 aromatic carbocycles. The van der Waals surface area contributed by atoms with Gasteiger partial charge in [0, 0.05) is 17.2 Å². The van der Waals surface area contributed by atoms with E-state index < -0.39 is 0 Å². The van der Waals surface area contributed by atoms with Gasteiger partial charge in [0.15, 0.2) is 0 Å². The third kappa shape index (κ3) is 2.15. The highest BCUT2D eigenvalue weighted by Gasteiger charge is 2.34. The molecular formula is C8H15NS2.